The summed E-state index contributed by atoms with van der Waals surface area (Å²) in [5.41, 5.74) is 1.77. The van der Waals surface area contributed by atoms with Crippen LogP contribution in [-0.4, -0.2) is 34.7 Å². The van der Waals surface area contributed by atoms with Crippen LogP contribution in [-0.2, 0) is 13.0 Å². The molecule has 1 N–H and O–H groups in total. The predicted octanol–water partition coefficient (Wildman–Crippen LogP) is 3.79. The number of carbonyl (C=O) groups is 1. The summed E-state index contributed by atoms with van der Waals surface area (Å²) in [6, 6.07) is 9.83. The molecule has 3 aromatic rings. The normalized spacial score (nSPS) is 11.2. The quantitative estimate of drug-likeness (QED) is 0.728. The van der Waals surface area contributed by atoms with E-state index in [0.717, 1.165) is 28.4 Å². The fourth-order valence-corrected chi connectivity index (χ4v) is 3.39. The summed E-state index contributed by atoms with van der Waals surface area (Å²) < 4.78 is 6.43. The molecule has 6 nitrogen and oxygen atoms in total. The zero-order chi connectivity index (χ0) is 17.8. The van der Waals surface area contributed by atoms with Gasteiger partial charge in [0.05, 0.1) is 21.8 Å². The van der Waals surface area contributed by atoms with Crippen LogP contribution in [0.2, 0.25) is 0 Å². The van der Waals surface area contributed by atoms with Crippen LogP contribution in [0.4, 0.5) is 4.79 Å². The molecule has 25 heavy (non-hydrogen) atoms. The number of hydrogen-bond acceptors (Lipinski definition) is 5. The van der Waals surface area contributed by atoms with Gasteiger partial charge in [-0.2, -0.15) is 0 Å². The second kappa shape index (κ2) is 7.65. The second-order valence-electron chi connectivity index (χ2n) is 6.29. The maximum atomic E-state index is 12.2. The number of amides is 2. The molecule has 0 bridgehead atoms. The van der Waals surface area contributed by atoms with Crippen molar-refractivity contribution in [1.29, 1.82) is 0 Å². The van der Waals surface area contributed by atoms with Gasteiger partial charge in [-0.1, -0.05) is 31.1 Å². The SMILES string of the molecule is CC(C)c1cc(CN(C)C(=O)NCCc2nc3ccccc3s2)no1. The fourth-order valence-electron chi connectivity index (χ4n) is 2.43. The summed E-state index contributed by atoms with van der Waals surface area (Å²) >= 11 is 1.67. The first-order chi connectivity index (χ1) is 12.0. The minimum atomic E-state index is -0.129. The summed E-state index contributed by atoms with van der Waals surface area (Å²) in [5.74, 6) is 1.12. The number of nitrogens with zero attached hydrogens (tertiary/aromatic N) is 3. The Morgan fingerprint density at radius 1 is 1.36 bits per heavy atom. The van der Waals surface area contributed by atoms with Crippen molar-refractivity contribution in [2.75, 3.05) is 13.6 Å². The Kier molecular flexibility index (Phi) is 5.33. The molecule has 0 atom stereocenters. The maximum absolute atomic E-state index is 12.2. The molecule has 3 rings (SSSR count). The number of benzene rings is 1. The van der Waals surface area contributed by atoms with Crippen molar-refractivity contribution in [2.24, 2.45) is 0 Å². The highest BCUT2D eigenvalue weighted by molar-refractivity contribution is 7.18. The van der Waals surface area contributed by atoms with E-state index >= 15 is 0 Å². The third-order valence-electron chi connectivity index (χ3n) is 3.85. The third kappa shape index (κ3) is 4.36. The predicted molar refractivity (Wildman–Crippen MR) is 98.8 cm³/mol. The number of carbonyl (C=O) groups excluding carboxylic acids is 1. The van der Waals surface area contributed by atoms with Gasteiger partial charge in [0.15, 0.2) is 0 Å². The van der Waals surface area contributed by atoms with E-state index in [9.17, 15) is 4.79 Å². The van der Waals surface area contributed by atoms with Crippen molar-refractivity contribution in [3.63, 3.8) is 0 Å². The van der Waals surface area contributed by atoms with Gasteiger partial charge in [-0.05, 0) is 12.1 Å². The number of urea groups is 1. The van der Waals surface area contributed by atoms with E-state index in [-0.39, 0.29) is 11.9 Å². The van der Waals surface area contributed by atoms with Gasteiger partial charge in [-0.25, -0.2) is 9.78 Å². The van der Waals surface area contributed by atoms with Crippen molar-refractivity contribution in [3.8, 4) is 0 Å². The van der Waals surface area contributed by atoms with E-state index < -0.39 is 0 Å². The largest absolute Gasteiger partial charge is 0.361 e. The van der Waals surface area contributed by atoms with Crippen LogP contribution in [0.25, 0.3) is 10.2 Å². The molecule has 1 aromatic carbocycles. The van der Waals surface area contributed by atoms with Crippen molar-refractivity contribution >= 4 is 27.6 Å². The Bertz CT molecular complexity index is 823. The molecule has 2 amide bonds. The van der Waals surface area contributed by atoms with E-state index in [1.807, 2.05) is 38.1 Å². The Hall–Kier alpha value is -2.41. The molecule has 0 fully saturated rings. The van der Waals surface area contributed by atoms with Crippen molar-refractivity contribution in [2.45, 2.75) is 32.7 Å². The van der Waals surface area contributed by atoms with Gasteiger partial charge in [-0.3, -0.25) is 0 Å². The Labute approximate surface area is 150 Å². The lowest BCUT2D eigenvalue weighted by Gasteiger charge is -2.16. The highest BCUT2D eigenvalue weighted by atomic mass is 32.1. The first-order valence-electron chi connectivity index (χ1n) is 8.32. The van der Waals surface area contributed by atoms with Crippen LogP contribution in [0.15, 0.2) is 34.9 Å². The molecule has 0 saturated heterocycles. The Morgan fingerprint density at radius 3 is 2.88 bits per heavy atom. The fraction of sp³-hybridized carbons (Fsp3) is 0.389. The number of para-hydroxylation sites is 1. The van der Waals surface area contributed by atoms with E-state index in [0.29, 0.717) is 13.1 Å². The van der Waals surface area contributed by atoms with Gasteiger partial charge in [-0.15, -0.1) is 11.3 Å². The van der Waals surface area contributed by atoms with Crippen molar-refractivity contribution in [1.82, 2.24) is 20.4 Å². The highest BCUT2D eigenvalue weighted by Crippen LogP contribution is 2.21. The zero-order valence-corrected chi connectivity index (χ0v) is 15.5. The van der Waals surface area contributed by atoms with Gasteiger partial charge < -0.3 is 14.7 Å². The maximum Gasteiger partial charge on any atom is 0.317 e. The van der Waals surface area contributed by atoms with Crippen LogP contribution in [0.3, 0.4) is 0 Å². The summed E-state index contributed by atoms with van der Waals surface area (Å²) in [4.78, 5) is 18.4. The van der Waals surface area contributed by atoms with Gasteiger partial charge in [0.25, 0.3) is 0 Å². The number of aromatic nitrogens is 2. The van der Waals surface area contributed by atoms with Gasteiger partial charge >= 0.3 is 6.03 Å². The lowest BCUT2D eigenvalue weighted by molar-refractivity contribution is 0.205. The van der Waals surface area contributed by atoms with Crippen LogP contribution in [0.5, 0.6) is 0 Å². The smallest absolute Gasteiger partial charge is 0.317 e. The lowest BCUT2D eigenvalue weighted by atomic mass is 10.1. The number of nitrogens with one attached hydrogen (secondary N) is 1. The summed E-state index contributed by atoms with van der Waals surface area (Å²) in [5, 5.41) is 7.96. The van der Waals surface area contributed by atoms with Gasteiger partial charge in [0.2, 0.25) is 0 Å². The Balaban J connectivity index is 1.47. The minimum Gasteiger partial charge on any atom is -0.361 e. The van der Waals surface area contributed by atoms with E-state index in [2.05, 4.69) is 21.5 Å². The molecule has 0 unspecified atom stereocenters. The molecular weight excluding hydrogens is 336 g/mol. The molecule has 0 aliphatic carbocycles. The van der Waals surface area contributed by atoms with Crippen LogP contribution in [0, 0.1) is 0 Å². The molecule has 7 heteroatoms. The van der Waals surface area contributed by atoms with E-state index in [1.165, 1.54) is 4.70 Å². The molecule has 0 radical (unpaired) electrons. The average molecular weight is 358 g/mol. The Morgan fingerprint density at radius 2 is 2.16 bits per heavy atom. The van der Waals surface area contributed by atoms with E-state index in [4.69, 9.17) is 4.52 Å². The molecule has 2 heterocycles. The summed E-state index contributed by atoms with van der Waals surface area (Å²) in [6.07, 6.45) is 0.723. The van der Waals surface area contributed by atoms with Crippen LogP contribution < -0.4 is 5.32 Å². The van der Waals surface area contributed by atoms with Crippen LogP contribution >= 0.6 is 11.3 Å². The number of thiazole rings is 1. The van der Waals surface area contributed by atoms with Gasteiger partial charge in [0, 0.05) is 32.0 Å². The second-order valence-corrected chi connectivity index (χ2v) is 7.40. The zero-order valence-electron chi connectivity index (χ0n) is 14.7. The first-order valence-corrected chi connectivity index (χ1v) is 9.13. The molecule has 0 aliphatic rings. The monoisotopic (exact) mass is 358 g/mol. The first kappa shape index (κ1) is 17.4. The lowest BCUT2D eigenvalue weighted by Crippen LogP contribution is -2.37. The third-order valence-corrected chi connectivity index (χ3v) is 4.94. The van der Waals surface area contributed by atoms with Crippen molar-refractivity contribution in [3.05, 3.63) is 46.8 Å². The number of hydrogen-bond donors (Lipinski definition) is 1. The minimum absolute atomic E-state index is 0.129. The highest BCUT2D eigenvalue weighted by Gasteiger charge is 2.13. The van der Waals surface area contributed by atoms with Crippen LogP contribution in [0.1, 0.15) is 36.2 Å². The summed E-state index contributed by atoms with van der Waals surface area (Å²) in [7, 11) is 1.75. The molecule has 0 aliphatic heterocycles. The average Bonchev–Trinajstić information content (AvgIpc) is 3.20. The standard InChI is InChI=1S/C18H22N4O2S/c1-12(2)15-10-13(21-24-15)11-22(3)18(23)19-9-8-17-20-14-6-4-5-7-16(14)25-17/h4-7,10,12H,8-9,11H2,1-3H3,(H,19,23). The number of fused-ring (bicyclic) bond motifs is 1. The molecule has 0 spiro atoms. The molecule has 132 valence electrons. The summed E-state index contributed by atoms with van der Waals surface area (Å²) in [6.45, 7) is 5.06. The molecule has 2 aromatic heterocycles. The topological polar surface area (TPSA) is 71.3 Å². The molecule has 0 saturated carbocycles. The molecular formula is C18H22N4O2S. The van der Waals surface area contributed by atoms with Gasteiger partial charge in [0.1, 0.15) is 11.5 Å². The van der Waals surface area contributed by atoms with Crippen molar-refractivity contribution < 1.29 is 9.32 Å². The number of rotatable bonds is 6. The van der Waals surface area contributed by atoms with E-state index in [1.54, 1.807) is 23.3 Å².